The van der Waals surface area contributed by atoms with Gasteiger partial charge in [0, 0.05) is 13.1 Å². The number of guanidine groups is 1. The largest absolute Gasteiger partial charge is 0.507 e. The highest BCUT2D eigenvalue weighted by molar-refractivity contribution is 5.79. The van der Waals surface area contributed by atoms with Gasteiger partial charge in [-0.3, -0.25) is 0 Å². The van der Waals surface area contributed by atoms with Gasteiger partial charge in [-0.05, 0) is 43.0 Å². The van der Waals surface area contributed by atoms with Gasteiger partial charge in [-0.1, -0.05) is 42.5 Å². The molecule has 3 N–H and O–H groups in total. The fourth-order valence-electron chi connectivity index (χ4n) is 2.65. The molecule has 0 aliphatic rings. The van der Waals surface area contributed by atoms with Crippen LogP contribution in [0.5, 0.6) is 5.75 Å². The van der Waals surface area contributed by atoms with Crippen molar-refractivity contribution < 1.29 is 9.84 Å². The Bertz CT molecular complexity index is 691. The van der Waals surface area contributed by atoms with E-state index in [-0.39, 0.29) is 0 Å². The molecule has 0 amide bonds. The van der Waals surface area contributed by atoms with E-state index in [1.165, 1.54) is 5.56 Å². The van der Waals surface area contributed by atoms with Crippen molar-refractivity contribution in [3.63, 3.8) is 0 Å². The van der Waals surface area contributed by atoms with Crippen LogP contribution in [-0.2, 0) is 17.9 Å². The quantitative estimate of drug-likeness (QED) is 0.386. The summed E-state index contributed by atoms with van der Waals surface area (Å²) >= 11 is 0. The Kier molecular flexibility index (Phi) is 7.96. The molecule has 0 spiro atoms. The van der Waals surface area contributed by atoms with Crippen molar-refractivity contribution in [1.82, 2.24) is 10.6 Å². The van der Waals surface area contributed by atoms with Crippen LogP contribution in [-0.4, -0.2) is 30.8 Å². The maximum Gasteiger partial charge on any atom is 0.191 e. The third kappa shape index (κ3) is 6.41. The number of phenolic OH excluding ortho intramolecular Hbond substituents is 1. The van der Waals surface area contributed by atoms with Gasteiger partial charge in [0.25, 0.3) is 0 Å². The average Bonchev–Trinajstić information content (AvgIpc) is 2.64. The van der Waals surface area contributed by atoms with Gasteiger partial charge in [0.05, 0.1) is 19.8 Å². The summed E-state index contributed by atoms with van der Waals surface area (Å²) in [4.78, 5) is 4.61. The maximum absolute atomic E-state index is 9.87. The van der Waals surface area contributed by atoms with Crippen molar-refractivity contribution in [3.8, 4) is 5.75 Å². The molecule has 5 nitrogen and oxygen atoms in total. The molecule has 0 radical (unpaired) electrons. The number of aliphatic imine (C=N–C) groups is 1. The number of benzene rings is 2. The van der Waals surface area contributed by atoms with E-state index in [2.05, 4.69) is 27.8 Å². The van der Waals surface area contributed by atoms with E-state index in [9.17, 15) is 5.11 Å². The molecule has 2 aromatic carbocycles. The van der Waals surface area contributed by atoms with Gasteiger partial charge in [-0.15, -0.1) is 0 Å². The average molecular weight is 355 g/mol. The first-order chi connectivity index (χ1) is 12.6. The second-order valence-corrected chi connectivity index (χ2v) is 6.24. The van der Waals surface area contributed by atoms with E-state index in [1.807, 2.05) is 51.1 Å². The molecule has 26 heavy (non-hydrogen) atoms. The fourth-order valence-corrected chi connectivity index (χ4v) is 2.65. The predicted molar refractivity (Wildman–Crippen MR) is 106 cm³/mol. The first kappa shape index (κ1) is 19.8. The van der Waals surface area contributed by atoms with Crippen molar-refractivity contribution in [2.75, 3.05) is 19.7 Å². The number of hydrogen-bond donors (Lipinski definition) is 3. The zero-order chi connectivity index (χ0) is 18.8. The van der Waals surface area contributed by atoms with Gasteiger partial charge >= 0.3 is 0 Å². The van der Waals surface area contributed by atoms with Gasteiger partial charge in [0.1, 0.15) is 5.75 Å². The van der Waals surface area contributed by atoms with Crippen LogP contribution in [0.15, 0.2) is 47.5 Å². The lowest BCUT2D eigenvalue weighted by Gasteiger charge is -2.12. The zero-order valence-corrected chi connectivity index (χ0v) is 15.9. The topological polar surface area (TPSA) is 65.9 Å². The first-order valence-corrected chi connectivity index (χ1v) is 9.03. The normalized spacial score (nSPS) is 11.4. The minimum atomic E-state index is 0.360. The molecule has 140 valence electrons. The smallest absolute Gasteiger partial charge is 0.191 e. The number of aromatic hydroxyl groups is 1. The molecule has 2 rings (SSSR count). The molecular formula is C21H29N3O2. The maximum atomic E-state index is 9.87. The Labute approximate surface area is 156 Å². The number of nitrogens with one attached hydrogen (secondary N) is 2. The number of hydrogen-bond acceptors (Lipinski definition) is 3. The second-order valence-electron chi connectivity index (χ2n) is 6.24. The molecular weight excluding hydrogens is 326 g/mol. The Morgan fingerprint density at radius 1 is 1.04 bits per heavy atom. The van der Waals surface area contributed by atoms with Gasteiger partial charge in [-0.2, -0.15) is 0 Å². The number of phenols is 1. The molecule has 0 atom stereocenters. The highest BCUT2D eigenvalue weighted by Gasteiger charge is 2.04. The molecule has 0 aliphatic carbocycles. The summed E-state index contributed by atoms with van der Waals surface area (Å²) in [6.07, 6.45) is 0. The van der Waals surface area contributed by atoms with Crippen LogP contribution in [0.1, 0.15) is 29.2 Å². The van der Waals surface area contributed by atoms with Crippen LogP contribution in [0.4, 0.5) is 0 Å². The number of aryl methyl sites for hydroxylation is 2. The molecule has 0 heterocycles. The molecule has 5 heteroatoms. The van der Waals surface area contributed by atoms with Crippen molar-refractivity contribution >= 4 is 5.96 Å². The monoisotopic (exact) mass is 355 g/mol. The molecule has 2 aromatic rings. The van der Waals surface area contributed by atoms with Gasteiger partial charge in [0.15, 0.2) is 5.96 Å². The van der Waals surface area contributed by atoms with E-state index in [4.69, 9.17) is 4.74 Å². The lowest BCUT2D eigenvalue weighted by Crippen LogP contribution is -2.38. The number of ether oxygens (including phenoxy) is 1. The van der Waals surface area contributed by atoms with Crippen LogP contribution in [0.25, 0.3) is 0 Å². The summed E-state index contributed by atoms with van der Waals surface area (Å²) in [7, 11) is 0. The van der Waals surface area contributed by atoms with Crippen molar-refractivity contribution in [1.29, 1.82) is 0 Å². The second kappa shape index (κ2) is 10.5. The summed E-state index contributed by atoms with van der Waals surface area (Å²) < 4.78 is 5.68. The Morgan fingerprint density at radius 2 is 1.73 bits per heavy atom. The van der Waals surface area contributed by atoms with Crippen molar-refractivity contribution in [2.24, 2.45) is 4.99 Å². The summed E-state index contributed by atoms with van der Waals surface area (Å²) in [6.45, 7) is 9.11. The number of rotatable bonds is 8. The summed E-state index contributed by atoms with van der Waals surface area (Å²) in [6, 6.07) is 14.1. The van der Waals surface area contributed by atoms with E-state index in [1.54, 1.807) is 0 Å². The van der Waals surface area contributed by atoms with Crippen LogP contribution >= 0.6 is 0 Å². The highest BCUT2D eigenvalue weighted by atomic mass is 16.5. The lowest BCUT2D eigenvalue weighted by molar-refractivity contribution is 0.125. The third-order valence-corrected chi connectivity index (χ3v) is 3.97. The third-order valence-electron chi connectivity index (χ3n) is 3.97. The number of nitrogens with zero attached hydrogens (tertiary/aromatic N) is 1. The predicted octanol–water partition coefficient (Wildman–Crippen LogP) is 3.28. The van der Waals surface area contributed by atoms with Crippen LogP contribution in [0, 0.1) is 13.8 Å². The van der Waals surface area contributed by atoms with Gasteiger partial charge in [0.2, 0.25) is 0 Å². The molecule has 0 unspecified atom stereocenters. The van der Waals surface area contributed by atoms with Crippen molar-refractivity contribution in [2.45, 2.75) is 33.9 Å². The van der Waals surface area contributed by atoms with E-state index in [0.717, 1.165) is 29.2 Å². The van der Waals surface area contributed by atoms with E-state index >= 15 is 0 Å². The van der Waals surface area contributed by atoms with Crippen LogP contribution in [0.2, 0.25) is 0 Å². The zero-order valence-electron chi connectivity index (χ0n) is 15.9. The molecule has 0 bridgehead atoms. The Balaban J connectivity index is 1.81. The van der Waals surface area contributed by atoms with E-state index < -0.39 is 0 Å². The van der Waals surface area contributed by atoms with E-state index in [0.29, 0.717) is 32.1 Å². The summed E-state index contributed by atoms with van der Waals surface area (Å²) in [5.74, 6) is 1.12. The minimum absolute atomic E-state index is 0.360. The van der Waals surface area contributed by atoms with Crippen LogP contribution in [0.3, 0.4) is 0 Å². The molecule has 0 saturated carbocycles. The summed E-state index contributed by atoms with van der Waals surface area (Å²) in [5.41, 5.74) is 4.01. The first-order valence-electron chi connectivity index (χ1n) is 9.03. The van der Waals surface area contributed by atoms with Crippen LogP contribution < -0.4 is 10.6 Å². The molecule has 0 aliphatic heterocycles. The molecule has 0 fully saturated rings. The van der Waals surface area contributed by atoms with Crippen molar-refractivity contribution in [3.05, 3.63) is 64.7 Å². The summed E-state index contributed by atoms with van der Waals surface area (Å²) in [5, 5.41) is 16.4. The molecule has 0 saturated heterocycles. The van der Waals surface area contributed by atoms with Gasteiger partial charge < -0.3 is 20.5 Å². The molecule has 0 aromatic heterocycles. The Morgan fingerprint density at radius 3 is 2.38 bits per heavy atom. The minimum Gasteiger partial charge on any atom is -0.507 e. The SMILES string of the molecule is CCNC(=NCc1cc(C)c(O)c(C)c1)NCCOCc1ccccc1. The standard InChI is InChI=1S/C21H29N3O2/c1-4-22-21(23-10-11-26-15-18-8-6-5-7-9-18)24-14-19-12-16(2)20(25)17(3)13-19/h5-9,12-13,25H,4,10-11,14-15H2,1-3H3,(H2,22,23,24). The fraction of sp³-hybridized carbons (Fsp3) is 0.381. The Hall–Kier alpha value is -2.53. The lowest BCUT2D eigenvalue weighted by atomic mass is 10.1. The highest BCUT2D eigenvalue weighted by Crippen LogP contribution is 2.23. The van der Waals surface area contributed by atoms with Gasteiger partial charge in [-0.25, -0.2) is 4.99 Å².